The van der Waals surface area contributed by atoms with Gasteiger partial charge >= 0.3 is 0 Å². The maximum atomic E-state index is 13.5. The lowest BCUT2D eigenvalue weighted by atomic mass is 10.1. The van der Waals surface area contributed by atoms with E-state index < -0.39 is 0 Å². The Bertz CT molecular complexity index is 1250. The van der Waals surface area contributed by atoms with Gasteiger partial charge in [0.15, 0.2) is 5.82 Å². The van der Waals surface area contributed by atoms with Crippen molar-refractivity contribution in [2.24, 2.45) is 0 Å². The molecular formula is C25H31FN6O. The molecule has 7 nitrogen and oxygen atoms in total. The van der Waals surface area contributed by atoms with E-state index in [0.717, 1.165) is 55.6 Å². The molecule has 0 bridgehead atoms. The summed E-state index contributed by atoms with van der Waals surface area (Å²) in [5.74, 6) is 0.385. The molecular weight excluding hydrogens is 419 g/mol. The number of nitrogens with zero attached hydrogens (tertiary/aromatic N) is 4. The van der Waals surface area contributed by atoms with Crippen molar-refractivity contribution in [3.05, 3.63) is 42.2 Å². The van der Waals surface area contributed by atoms with E-state index in [2.05, 4.69) is 64.0 Å². The largest absolute Gasteiger partial charge is 0.373 e. The highest BCUT2D eigenvalue weighted by Gasteiger charge is 2.29. The van der Waals surface area contributed by atoms with E-state index in [1.807, 2.05) is 0 Å². The highest BCUT2D eigenvalue weighted by atomic mass is 19.1. The van der Waals surface area contributed by atoms with E-state index in [0.29, 0.717) is 23.1 Å². The number of morpholine rings is 1. The first-order valence-corrected chi connectivity index (χ1v) is 11.8. The highest BCUT2D eigenvalue weighted by Crippen LogP contribution is 2.30. The van der Waals surface area contributed by atoms with Crippen LogP contribution in [0.1, 0.15) is 27.2 Å². The smallest absolute Gasteiger partial charge is 0.159 e. The van der Waals surface area contributed by atoms with Crippen LogP contribution in [0.15, 0.2) is 36.4 Å². The van der Waals surface area contributed by atoms with E-state index in [1.54, 1.807) is 6.07 Å². The number of ether oxygens (including phenoxy) is 1. The summed E-state index contributed by atoms with van der Waals surface area (Å²) >= 11 is 0. The zero-order chi connectivity index (χ0) is 22.9. The number of benzene rings is 2. The van der Waals surface area contributed by atoms with Crippen LogP contribution in [0.5, 0.6) is 0 Å². The first kappa shape index (κ1) is 21.9. The Hall–Kier alpha value is -2.97. The molecule has 1 aliphatic heterocycles. The van der Waals surface area contributed by atoms with Crippen LogP contribution in [-0.4, -0.2) is 70.0 Å². The predicted octanol–water partition coefficient (Wildman–Crippen LogP) is 4.57. The van der Waals surface area contributed by atoms with Gasteiger partial charge in [-0.1, -0.05) is 20.8 Å². The Labute approximate surface area is 192 Å². The van der Waals surface area contributed by atoms with Crippen LogP contribution in [0.25, 0.3) is 33.5 Å². The minimum atomic E-state index is -0.290. The van der Waals surface area contributed by atoms with Gasteiger partial charge < -0.3 is 19.5 Å². The maximum absolute atomic E-state index is 13.5. The number of aromatic nitrogens is 4. The molecule has 2 aromatic carbocycles. The average molecular weight is 451 g/mol. The Morgan fingerprint density at radius 2 is 1.97 bits per heavy atom. The third-order valence-electron chi connectivity index (χ3n) is 6.74. The molecule has 0 aliphatic carbocycles. The maximum Gasteiger partial charge on any atom is 0.159 e. The molecule has 0 radical (unpaired) electrons. The number of likely N-dealkylation sites (N-methyl/N-ethyl adjacent to an activating group) is 1. The van der Waals surface area contributed by atoms with E-state index in [4.69, 9.17) is 9.72 Å². The molecule has 4 aromatic rings. The monoisotopic (exact) mass is 450 g/mol. The van der Waals surface area contributed by atoms with E-state index in [1.165, 1.54) is 17.8 Å². The summed E-state index contributed by atoms with van der Waals surface area (Å²) in [5, 5.41) is 8.12. The zero-order valence-corrected chi connectivity index (χ0v) is 19.4. The summed E-state index contributed by atoms with van der Waals surface area (Å²) in [6.45, 7) is 11.2. The van der Waals surface area contributed by atoms with Crippen molar-refractivity contribution >= 4 is 27.6 Å². The molecule has 3 heterocycles. The summed E-state index contributed by atoms with van der Waals surface area (Å²) in [5.41, 5.74) is 4.37. The van der Waals surface area contributed by atoms with Crippen molar-refractivity contribution in [2.75, 3.05) is 37.7 Å². The van der Waals surface area contributed by atoms with Crippen LogP contribution >= 0.6 is 0 Å². The molecule has 5 rings (SSSR count). The fourth-order valence-electron chi connectivity index (χ4n) is 4.75. The van der Waals surface area contributed by atoms with Gasteiger partial charge in [-0.3, -0.25) is 5.10 Å². The van der Waals surface area contributed by atoms with E-state index in [9.17, 15) is 4.39 Å². The van der Waals surface area contributed by atoms with Gasteiger partial charge in [0.2, 0.25) is 0 Å². The van der Waals surface area contributed by atoms with Crippen LogP contribution in [0, 0.1) is 5.82 Å². The molecule has 8 heteroatoms. The van der Waals surface area contributed by atoms with Crippen LogP contribution < -0.4 is 4.90 Å². The van der Waals surface area contributed by atoms with Crippen LogP contribution in [0.4, 0.5) is 10.1 Å². The third-order valence-corrected chi connectivity index (χ3v) is 6.74. The fraction of sp³-hybridized carbons (Fsp3) is 0.440. The molecule has 1 saturated heterocycles. The summed E-state index contributed by atoms with van der Waals surface area (Å²) in [6, 6.07) is 11.3. The lowest BCUT2D eigenvalue weighted by Gasteiger charge is -2.42. The van der Waals surface area contributed by atoms with Crippen molar-refractivity contribution in [3.63, 3.8) is 0 Å². The number of H-pyrrole nitrogens is 2. The molecule has 0 amide bonds. The van der Waals surface area contributed by atoms with Crippen molar-refractivity contribution < 1.29 is 9.13 Å². The molecule has 2 aromatic heterocycles. The number of imidazole rings is 1. The Balaban J connectivity index is 1.44. The van der Waals surface area contributed by atoms with Crippen molar-refractivity contribution in [1.82, 2.24) is 25.1 Å². The van der Waals surface area contributed by atoms with E-state index in [-0.39, 0.29) is 11.9 Å². The molecule has 2 N–H and O–H groups in total. The summed E-state index contributed by atoms with van der Waals surface area (Å²) in [4.78, 5) is 13.1. The second kappa shape index (κ2) is 9.11. The van der Waals surface area contributed by atoms with Gasteiger partial charge in [0.05, 0.1) is 35.3 Å². The number of hydrogen-bond donors (Lipinski definition) is 2. The number of rotatable bonds is 7. The minimum absolute atomic E-state index is 0.191. The standard InChI is InChI=1S/C25H31FN6O/c1-4-17-15-33-19(13-31(5-2)6-3)14-32(17)18-8-10-21-23(12-18)28-25(27-21)24-20-9-7-16(26)11-22(20)29-30-24/h7-12,17,19H,4-6,13-15H2,1-3H3,(H,27,28)(H,29,30)/t17-,19-/m0/s1. The highest BCUT2D eigenvalue weighted by molar-refractivity contribution is 5.93. The Morgan fingerprint density at radius 3 is 2.76 bits per heavy atom. The molecule has 1 aliphatic rings. The quantitative estimate of drug-likeness (QED) is 0.432. The van der Waals surface area contributed by atoms with Gasteiger partial charge in [-0.05, 0) is 55.9 Å². The number of fused-ring (bicyclic) bond motifs is 2. The number of anilines is 1. The second-order valence-corrected chi connectivity index (χ2v) is 8.70. The van der Waals surface area contributed by atoms with Gasteiger partial charge in [-0.2, -0.15) is 5.10 Å². The summed E-state index contributed by atoms with van der Waals surface area (Å²) in [7, 11) is 0. The fourth-order valence-corrected chi connectivity index (χ4v) is 4.75. The summed E-state index contributed by atoms with van der Waals surface area (Å²) in [6.07, 6.45) is 1.22. The van der Waals surface area contributed by atoms with Gasteiger partial charge in [0.1, 0.15) is 11.5 Å². The van der Waals surface area contributed by atoms with Crippen molar-refractivity contribution in [3.8, 4) is 11.5 Å². The van der Waals surface area contributed by atoms with Gasteiger partial charge in [-0.25, -0.2) is 9.37 Å². The normalized spacial score (nSPS) is 19.2. The van der Waals surface area contributed by atoms with Crippen LogP contribution in [0.3, 0.4) is 0 Å². The molecule has 2 atom stereocenters. The molecule has 0 saturated carbocycles. The second-order valence-electron chi connectivity index (χ2n) is 8.70. The van der Waals surface area contributed by atoms with Gasteiger partial charge in [0.25, 0.3) is 0 Å². The van der Waals surface area contributed by atoms with Gasteiger partial charge in [-0.15, -0.1) is 0 Å². The van der Waals surface area contributed by atoms with Crippen LogP contribution in [0.2, 0.25) is 0 Å². The number of halogens is 1. The van der Waals surface area contributed by atoms with Crippen LogP contribution in [-0.2, 0) is 4.74 Å². The molecule has 1 fully saturated rings. The van der Waals surface area contributed by atoms with Gasteiger partial charge in [0, 0.05) is 24.2 Å². The Morgan fingerprint density at radius 1 is 1.12 bits per heavy atom. The zero-order valence-electron chi connectivity index (χ0n) is 19.4. The molecule has 33 heavy (non-hydrogen) atoms. The third kappa shape index (κ3) is 4.20. The Kier molecular flexibility index (Phi) is 6.03. The number of aromatic amines is 2. The average Bonchev–Trinajstić information content (AvgIpc) is 3.45. The first-order chi connectivity index (χ1) is 16.1. The number of nitrogens with one attached hydrogen (secondary N) is 2. The molecule has 0 unspecified atom stereocenters. The van der Waals surface area contributed by atoms with Crippen molar-refractivity contribution in [2.45, 2.75) is 39.3 Å². The SMILES string of the molecule is CC[C@H]1CO[C@@H](CN(CC)CC)CN1c1ccc2nc(-c3n[nH]c4cc(F)ccc34)[nH]c2c1. The lowest BCUT2D eigenvalue weighted by molar-refractivity contribution is -0.000799. The summed E-state index contributed by atoms with van der Waals surface area (Å²) < 4.78 is 19.8. The van der Waals surface area contributed by atoms with Crippen molar-refractivity contribution in [1.29, 1.82) is 0 Å². The lowest BCUT2D eigenvalue weighted by Crippen LogP contribution is -2.52. The first-order valence-electron chi connectivity index (χ1n) is 11.8. The minimum Gasteiger partial charge on any atom is -0.373 e. The van der Waals surface area contributed by atoms with E-state index >= 15 is 0 Å². The number of hydrogen-bond acceptors (Lipinski definition) is 5. The topological polar surface area (TPSA) is 73.1 Å². The molecule has 0 spiro atoms. The molecule has 174 valence electrons. The predicted molar refractivity (Wildman–Crippen MR) is 130 cm³/mol.